The molecule has 0 spiro atoms. The lowest BCUT2D eigenvalue weighted by Gasteiger charge is -2.26. The number of hydrogen-bond donors (Lipinski definition) is 2. The minimum absolute atomic E-state index is 0.242. The van der Waals surface area contributed by atoms with Gasteiger partial charge in [-0.1, -0.05) is 29.8 Å². The van der Waals surface area contributed by atoms with Gasteiger partial charge in [-0.15, -0.1) is 0 Å². The predicted octanol–water partition coefficient (Wildman–Crippen LogP) is 1.52. The number of anilines is 2. The number of benzene rings is 1. The molecule has 0 aliphatic carbocycles. The summed E-state index contributed by atoms with van der Waals surface area (Å²) in [6.07, 6.45) is 1.73. The van der Waals surface area contributed by atoms with Gasteiger partial charge in [0.2, 0.25) is 0 Å². The Morgan fingerprint density at radius 3 is 2.96 bits per heavy atom. The highest BCUT2D eigenvalue weighted by molar-refractivity contribution is 5.80. The van der Waals surface area contributed by atoms with Gasteiger partial charge in [-0.3, -0.25) is 10.3 Å². The first-order valence-electron chi connectivity index (χ1n) is 8.62. The number of rotatable bonds is 7. The second-order valence-electron chi connectivity index (χ2n) is 6.05. The van der Waals surface area contributed by atoms with E-state index in [-0.39, 0.29) is 6.01 Å². The maximum Gasteiger partial charge on any atom is 0.320 e. The van der Waals surface area contributed by atoms with Crippen molar-refractivity contribution in [2.75, 3.05) is 50.6 Å². The number of aromatic nitrogens is 2. The van der Waals surface area contributed by atoms with Gasteiger partial charge in [-0.05, 0) is 12.5 Å². The topological polar surface area (TPSA) is 97.9 Å². The summed E-state index contributed by atoms with van der Waals surface area (Å²) in [5, 5.41) is 4.19. The predicted molar refractivity (Wildman–Crippen MR) is 102 cm³/mol. The Labute approximate surface area is 153 Å². The van der Waals surface area contributed by atoms with Crippen molar-refractivity contribution in [2.24, 2.45) is 5.10 Å². The molecular formula is C18H24N6O2. The lowest BCUT2D eigenvalue weighted by molar-refractivity contribution is 0.0317. The van der Waals surface area contributed by atoms with Crippen molar-refractivity contribution in [1.82, 2.24) is 14.9 Å². The molecule has 0 amide bonds. The molecule has 1 aliphatic rings. The quantitative estimate of drug-likeness (QED) is 0.573. The molecule has 1 aliphatic heterocycles. The summed E-state index contributed by atoms with van der Waals surface area (Å²) in [6, 6.07) is 9.90. The average molecular weight is 356 g/mol. The third-order valence-corrected chi connectivity index (χ3v) is 3.90. The third-order valence-electron chi connectivity index (χ3n) is 3.90. The lowest BCUT2D eigenvalue weighted by Crippen LogP contribution is -2.38. The number of nitrogens with zero attached hydrogens (tertiary/aromatic N) is 4. The van der Waals surface area contributed by atoms with Crippen LogP contribution in [-0.2, 0) is 4.74 Å². The second kappa shape index (κ2) is 9.12. The maximum absolute atomic E-state index is 5.83. The van der Waals surface area contributed by atoms with Gasteiger partial charge in [0.15, 0.2) is 5.82 Å². The van der Waals surface area contributed by atoms with Crippen molar-refractivity contribution < 1.29 is 9.47 Å². The molecule has 26 heavy (non-hydrogen) atoms. The Morgan fingerprint density at radius 2 is 2.15 bits per heavy atom. The molecule has 2 aromatic rings. The number of hydrogen-bond acceptors (Lipinski definition) is 8. The van der Waals surface area contributed by atoms with Crippen LogP contribution in [0.5, 0.6) is 6.01 Å². The summed E-state index contributed by atoms with van der Waals surface area (Å²) < 4.78 is 11.0. The van der Waals surface area contributed by atoms with Gasteiger partial charge in [0.05, 0.1) is 19.4 Å². The number of aryl methyl sites for hydroxylation is 1. The van der Waals surface area contributed by atoms with Gasteiger partial charge in [0, 0.05) is 25.7 Å². The monoisotopic (exact) mass is 356 g/mol. The number of nitrogen functional groups attached to an aromatic ring is 1. The summed E-state index contributed by atoms with van der Waals surface area (Å²) in [5.41, 5.74) is 10.9. The van der Waals surface area contributed by atoms with Crippen LogP contribution in [0.2, 0.25) is 0 Å². The van der Waals surface area contributed by atoms with E-state index in [0.29, 0.717) is 18.2 Å². The standard InChI is InChI=1S/C18H24N6O2/c1-14-3-2-4-15(11-14)13-20-23-17-12-16(19)21-18(22-17)26-10-7-24-5-8-25-9-6-24/h2-4,11-13H,5-10H2,1H3,(H3,19,21,22,23). The number of nitrogens with two attached hydrogens (primary N) is 1. The molecule has 1 saturated heterocycles. The van der Waals surface area contributed by atoms with Crippen LogP contribution < -0.4 is 15.9 Å². The van der Waals surface area contributed by atoms with Crippen molar-refractivity contribution in [2.45, 2.75) is 6.92 Å². The van der Waals surface area contributed by atoms with E-state index in [1.165, 1.54) is 5.56 Å². The normalized spacial score (nSPS) is 15.3. The Morgan fingerprint density at radius 1 is 1.31 bits per heavy atom. The van der Waals surface area contributed by atoms with E-state index in [9.17, 15) is 0 Å². The van der Waals surface area contributed by atoms with E-state index < -0.39 is 0 Å². The number of hydrazone groups is 1. The van der Waals surface area contributed by atoms with E-state index in [4.69, 9.17) is 15.2 Å². The highest BCUT2D eigenvalue weighted by atomic mass is 16.5. The van der Waals surface area contributed by atoms with Crippen molar-refractivity contribution >= 4 is 17.9 Å². The average Bonchev–Trinajstić information content (AvgIpc) is 2.62. The van der Waals surface area contributed by atoms with Crippen LogP contribution in [0.25, 0.3) is 0 Å². The zero-order valence-corrected chi connectivity index (χ0v) is 14.9. The van der Waals surface area contributed by atoms with Crippen molar-refractivity contribution in [3.8, 4) is 6.01 Å². The molecule has 0 saturated carbocycles. The molecule has 1 fully saturated rings. The Kier molecular flexibility index (Phi) is 6.34. The van der Waals surface area contributed by atoms with Crippen LogP contribution in [0, 0.1) is 6.92 Å². The van der Waals surface area contributed by atoms with Gasteiger partial charge in [-0.25, -0.2) is 0 Å². The number of morpholine rings is 1. The van der Waals surface area contributed by atoms with Crippen LogP contribution in [-0.4, -0.2) is 60.5 Å². The fraction of sp³-hybridized carbons (Fsp3) is 0.389. The van der Waals surface area contributed by atoms with E-state index in [2.05, 4.69) is 25.4 Å². The molecule has 0 unspecified atom stereocenters. The van der Waals surface area contributed by atoms with Gasteiger partial charge in [0.1, 0.15) is 12.4 Å². The molecule has 1 aromatic heterocycles. The van der Waals surface area contributed by atoms with E-state index in [0.717, 1.165) is 38.4 Å². The maximum atomic E-state index is 5.83. The molecule has 0 radical (unpaired) electrons. The molecule has 0 bridgehead atoms. The molecule has 8 heteroatoms. The molecule has 3 rings (SSSR count). The first kappa shape index (κ1) is 18.1. The molecule has 0 atom stereocenters. The fourth-order valence-electron chi connectivity index (χ4n) is 2.58. The summed E-state index contributed by atoms with van der Waals surface area (Å²) in [6.45, 7) is 6.70. The number of ether oxygens (including phenoxy) is 2. The lowest BCUT2D eigenvalue weighted by atomic mass is 10.2. The molecular weight excluding hydrogens is 332 g/mol. The summed E-state index contributed by atoms with van der Waals surface area (Å²) >= 11 is 0. The van der Waals surface area contributed by atoms with Crippen molar-refractivity contribution in [3.63, 3.8) is 0 Å². The van der Waals surface area contributed by atoms with Crippen LogP contribution in [0.1, 0.15) is 11.1 Å². The zero-order chi connectivity index (χ0) is 18.2. The van der Waals surface area contributed by atoms with E-state index >= 15 is 0 Å². The van der Waals surface area contributed by atoms with E-state index in [1.807, 2.05) is 31.2 Å². The van der Waals surface area contributed by atoms with Gasteiger partial charge in [0.25, 0.3) is 0 Å². The Bertz CT molecular complexity index is 746. The van der Waals surface area contributed by atoms with Gasteiger partial charge >= 0.3 is 6.01 Å². The Hall–Kier alpha value is -2.71. The SMILES string of the molecule is Cc1cccc(C=NNc2cc(N)nc(OCCN3CCOCC3)n2)c1. The van der Waals surface area contributed by atoms with E-state index in [1.54, 1.807) is 12.3 Å². The van der Waals surface area contributed by atoms with Crippen molar-refractivity contribution in [1.29, 1.82) is 0 Å². The molecule has 2 heterocycles. The summed E-state index contributed by atoms with van der Waals surface area (Å²) in [7, 11) is 0. The molecule has 138 valence electrons. The van der Waals surface area contributed by atoms with Gasteiger partial charge < -0.3 is 15.2 Å². The first-order valence-corrected chi connectivity index (χ1v) is 8.62. The molecule has 1 aromatic carbocycles. The van der Waals surface area contributed by atoms with Crippen molar-refractivity contribution in [3.05, 3.63) is 41.5 Å². The molecule has 3 N–H and O–H groups in total. The van der Waals surface area contributed by atoms with Crippen LogP contribution in [0.15, 0.2) is 35.4 Å². The first-order chi connectivity index (χ1) is 12.7. The molecule has 8 nitrogen and oxygen atoms in total. The highest BCUT2D eigenvalue weighted by Gasteiger charge is 2.10. The Balaban J connectivity index is 1.53. The largest absolute Gasteiger partial charge is 0.462 e. The smallest absolute Gasteiger partial charge is 0.320 e. The second-order valence-corrected chi connectivity index (χ2v) is 6.05. The fourth-order valence-corrected chi connectivity index (χ4v) is 2.58. The number of nitrogens with one attached hydrogen (secondary N) is 1. The van der Waals surface area contributed by atoms with Crippen LogP contribution in [0.4, 0.5) is 11.6 Å². The summed E-state index contributed by atoms with van der Waals surface area (Å²) in [5.74, 6) is 0.817. The third kappa shape index (κ3) is 5.68. The van der Waals surface area contributed by atoms with Crippen LogP contribution >= 0.6 is 0 Å². The van der Waals surface area contributed by atoms with Gasteiger partial charge in [-0.2, -0.15) is 15.1 Å². The highest BCUT2D eigenvalue weighted by Crippen LogP contribution is 2.13. The summed E-state index contributed by atoms with van der Waals surface area (Å²) in [4.78, 5) is 10.7. The van der Waals surface area contributed by atoms with Crippen LogP contribution in [0.3, 0.4) is 0 Å². The minimum atomic E-state index is 0.242. The minimum Gasteiger partial charge on any atom is -0.462 e. The zero-order valence-electron chi connectivity index (χ0n) is 14.9.